The quantitative estimate of drug-likeness (QED) is 0.625. The standard InChI is InChI=1S/C25H31NO5/c1-15-6-7-16(2)26(15)21(27)13-12-18-8-10-19(11-9-18)14-20-17(3)22(28)24(30-4)25(31-5)23(20)29/h8-11,15-16H,6-7,12-14H2,1-5H3. The van der Waals surface area contributed by atoms with Crippen LogP contribution in [0.4, 0.5) is 0 Å². The molecule has 0 aromatic heterocycles. The Labute approximate surface area is 183 Å². The van der Waals surface area contributed by atoms with Crippen LogP contribution in [0.15, 0.2) is 46.9 Å². The number of methoxy groups -OCH3 is 2. The molecule has 0 radical (unpaired) electrons. The van der Waals surface area contributed by atoms with Crippen LogP contribution in [0.1, 0.15) is 51.2 Å². The van der Waals surface area contributed by atoms with E-state index < -0.39 is 0 Å². The number of ether oxygens (including phenoxy) is 2. The van der Waals surface area contributed by atoms with Gasteiger partial charge in [-0.2, -0.15) is 0 Å². The fourth-order valence-electron chi connectivity index (χ4n) is 4.50. The van der Waals surface area contributed by atoms with E-state index in [-0.39, 0.29) is 29.0 Å². The second-order valence-corrected chi connectivity index (χ2v) is 8.40. The van der Waals surface area contributed by atoms with Gasteiger partial charge in [-0.3, -0.25) is 14.4 Å². The Morgan fingerprint density at radius 1 is 0.935 bits per heavy atom. The van der Waals surface area contributed by atoms with E-state index in [1.165, 1.54) is 14.2 Å². The molecular weight excluding hydrogens is 394 g/mol. The molecule has 2 atom stereocenters. The van der Waals surface area contributed by atoms with Crippen molar-refractivity contribution in [3.8, 4) is 0 Å². The van der Waals surface area contributed by atoms with Gasteiger partial charge < -0.3 is 14.4 Å². The monoisotopic (exact) mass is 425 g/mol. The van der Waals surface area contributed by atoms with Crippen molar-refractivity contribution in [3.63, 3.8) is 0 Å². The van der Waals surface area contributed by atoms with Crippen LogP contribution in [0.5, 0.6) is 0 Å². The van der Waals surface area contributed by atoms with Gasteiger partial charge in [0.05, 0.1) is 14.2 Å². The molecule has 2 aliphatic rings. The molecule has 2 unspecified atom stereocenters. The van der Waals surface area contributed by atoms with Crippen LogP contribution in [0.25, 0.3) is 0 Å². The lowest BCUT2D eigenvalue weighted by atomic mass is 9.88. The van der Waals surface area contributed by atoms with Gasteiger partial charge in [-0.15, -0.1) is 0 Å². The topological polar surface area (TPSA) is 72.9 Å². The number of benzene rings is 1. The number of aryl methyl sites for hydroxylation is 1. The lowest BCUT2D eigenvalue weighted by Crippen LogP contribution is -2.38. The first-order valence-corrected chi connectivity index (χ1v) is 10.8. The van der Waals surface area contributed by atoms with Gasteiger partial charge in [0.25, 0.3) is 0 Å². The molecule has 166 valence electrons. The summed E-state index contributed by atoms with van der Waals surface area (Å²) < 4.78 is 10.2. The van der Waals surface area contributed by atoms with E-state index in [0.29, 0.717) is 42.5 Å². The zero-order valence-corrected chi connectivity index (χ0v) is 19.0. The number of amides is 1. The van der Waals surface area contributed by atoms with Crippen molar-refractivity contribution < 1.29 is 23.9 Å². The number of ketones is 2. The van der Waals surface area contributed by atoms with Crippen molar-refractivity contribution in [2.75, 3.05) is 14.2 Å². The Balaban J connectivity index is 1.66. The first-order chi connectivity index (χ1) is 14.8. The molecule has 31 heavy (non-hydrogen) atoms. The van der Waals surface area contributed by atoms with Crippen molar-refractivity contribution in [2.45, 2.75) is 65.0 Å². The molecule has 1 aromatic rings. The minimum Gasteiger partial charge on any atom is -0.489 e. The maximum atomic E-state index is 12.8. The minimum absolute atomic E-state index is 0.0459. The Hall–Kier alpha value is -2.89. The molecule has 1 aromatic carbocycles. The molecule has 1 saturated heterocycles. The highest BCUT2D eigenvalue weighted by atomic mass is 16.5. The van der Waals surface area contributed by atoms with E-state index in [9.17, 15) is 14.4 Å². The van der Waals surface area contributed by atoms with E-state index in [2.05, 4.69) is 13.8 Å². The Morgan fingerprint density at radius 2 is 1.45 bits per heavy atom. The van der Waals surface area contributed by atoms with Crippen molar-refractivity contribution in [3.05, 3.63) is 58.1 Å². The normalized spacial score (nSPS) is 21.8. The van der Waals surface area contributed by atoms with Crippen LogP contribution < -0.4 is 0 Å². The number of likely N-dealkylation sites (tertiary alicyclic amines) is 1. The summed E-state index contributed by atoms with van der Waals surface area (Å²) in [7, 11) is 2.71. The van der Waals surface area contributed by atoms with E-state index in [4.69, 9.17) is 9.47 Å². The number of carbonyl (C=O) groups is 3. The first-order valence-electron chi connectivity index (χ1n) is 10.8. The Morgan fingerprint density at radius 3 is 2.00 bits per heavy atom. The number of nitrogens with zero attached hydrogens (tertiary/aromatic N) is 1. The summed E-state index contributed by atoms with van der Waals surface area (Å²) in [6.07, 6.45) is 3.66. The molecule has 0 spiro atoms. The minimum atomic E-state index is -0.325. The Bertz CT molecular complexity index is 931. The average molecular weight is 426 g/mol. The van der Waals surface area contributed by atoms with E-state index >= 15 is 0 Å². The number of carbonyl (C=O) groups excluding carboxylic acids is 3. The summed E-state index contributed by atoms with van der Waals surface area (Å²) in [6, 6.07) is 8.50. The largest absolute Gasteiger partial charge is 0.489 e. The van der Waals surface area contributed by atoms with Crippen molar-refractivity contribution in [1.29, 1.82) is 0 Å². The molecule has 1 amide bonds. The van der Waals surface area contributed by atoms with Crippen molar-refractivity contribution >= 4 is 17.5 Å². The van der Waals surface area contributed by atoms with Gasteiger partial charge in [0.1, 0.15) is 0 Å². The van der Waals surface area contributed by atoms with Crippen LogP contribution in [0.3, 0.4) is 0 Å². The lowest BCUT2D eigenvalue weighted by molar-refractivity contribution is -0.133. The van der Waals surface area contributed by atoms with E-state index in [1.807, 2.05) is 29.2 Å². The first kappa shape index (κ1) is 22.8. The van der Waals surface area contributed by atoms with Crippen LogP contribution in [0.2, 0.25) is 0 Å². The maximum Gasteiger partial charge on any atom is 0.228 e. The van der Waals surface area contributed by atoms with Crippen LogP contribution in [-0.4, -0.2) is 48.7 Å². The number of Topliss-reactive ketones (excluding diaryl/α,β-unsaturated/α-hetero) is 2. The zero-order chi connectivity index (χ0) is 22.7. The molecule has 1 heterocycles. The maximum absolute atomic E-state index is 12.8. The van der Waals surface area contributed by atoms with Crippen LogP contribution in [0, 0.1) is 0 Å². The van der Waals surface area contributed by atoms with Gasteiger partial charge in [-0.05, 0) is 51.2 Å². The molecule has 0 bridgehead atoms. The summed E-state index contributed by atoms with van der Waals surface area (Å²) in [4.78, 5) is 39.9. The van der Waals surface area contributed by atoms with Crippen LogP contribution >= 0.6 is 0 Å². The predicted octanol–water partition coefficient (Wildman–Crippen LogP) is 3.53. The summed E-state index contributed by atoms with van der Waals surface area (Å²) in [6.45, 7) is 5.87. The highest BCUT2D eigenvalue weighted by Crippen LogP contribution is 2.28. The third-order valence-corrected chi connectivity index (χ3v) is 6.37. The molecule has 0 saturated carbocycles. The molecule has 1 fully saturated rings. The van der Waals surface area contributed by atoms with Gasteiger partial charge in [-0.1, -0.05) is 24.3 Å². The number of hydrogen-bond acceptors (Lipinski definition) is 5. The number of hydrogen-bond donors (Lipinski definition) is 0. The van der Waals surface area contributed by atoms with Gasteiger partial charge in [-0.25, -0.2) is 0 Å². The van der Waals surface area contributed by atoms with Gasteiger partial charge in [0.2, 0.25) is 29.0 Å². The summed E-state index contributed by atoms with van der Waals surface area (Å²) >= 11 is 0. The SMILES string of the molecule is COC1=C(OC)C(=O)C(Cc2ccc(CCC(=O)N3C(C)CCC3C)cc2)=C(C)C1=O. The Kier molecular flexibility index (Phi) is 6.98. The van der Waals surface area contributed by atoms with Gasteiger partial charge in [0.15, 0.2) is 0 Å². The molecule has 1 aliphatic heterocycles. The lowest BCUT2D eigenvalue weighted by Gasteiger charge is -2.26. The smallest absolute Gasteiger partial charge is 0.228 e. The summed E-state index contributed by atoms with van der Waals surface area (Å²) in [5.41, 5.74) is 2.80. The molecule has 6 nitrogen and oxygen atoms in total. The zero-order valence-electron chi connectivity index (χ0n) is 19.0. The predicted molar refractivity (Wildman–Crippen MR) is 117 cm³/mol. The molecule has 0 N–H and O–H groups in total. The third kappa shape index (κ3) is 4.58. The summed E-state index contributed by atoms with van der Waals surface area (Å²) in [5.74, 6) is -0.528. The van der Waals surface area contributed by atoms with Crippen molar-refractivity contribution in [2.24, 2.45) is 0 Å². The van der Waals surface area contributed by atoms with Gasteiger partial charge >= 0.3 is 0 Å². The highest BCUT2D eigenvalue weighted by molar-refractivity contribution is 6.23. The fraction of sp³-hybridized carbons (Fsp3) is 0.480. The van der Waals surface area contributed by atoms with Crippen molar-refractivity contribution in [1.82, 2.24) is 4.90 Å². The van der Waals surface area contributed by atoms with Crippen LogP contribution in [-0.2, 0) is 36.7 Å². The fourth-order valence-corrected chi connectivity index (χ4v) is 4.50. The second kappa shape index (κ2) is 9.50. The third-order valence-electron chi connectivity index (χ3n) is 6.37. The summed E-state index contributed by atoms with van der Waals surface area (Å²) in [5, 5.41) is 0. The number of rotatable bonds is 7. The average Bonchev–Trinajstić information content (AvgIpc) is 3.10. The second-order valence-electron chi connectivity index (χ2n) is 8.40. The number of allylic oxidation sites excluding steroid dienone is 2. The van der Waals surface area contributed by atoms with E-state index in [0.717, 1.165) is 24.0 Å². The van der Waals surface area contributed by atoms with E-state index in [1.54, 1.807) is 6.92 Å². The molecule has 6 heteroatoms. The highest BCUT2D eigenvalue weighted by Gasteiger charge is 2.34. The molecular formula is C25H31NO5. The molecule has 1 aliphatic carbocycles. The van der Waals surface area contributed by atoms with Gasteiger partial charge in [0, 0.05) is 36.1 Å². The molecule has 3 rings (SSSR count).